The summed E-state index contributed by atoms with van der Waals surface area (Å²) in [5.41, 5.74) is 2.59. The fourth-order valence-corrected chi connectivity index (χ4v) is 3.69. The van der Waals surface area contributed by atoms with E-state index >= 15 is 0 Å². The molecule has 0 saturated carbocycles. The van der Waals surface area contributed by atoms with Gasteiger partial charge in [-0.1, -0.05) is 0 Å². The molecule has 0 N–H and O–H groups in total. The van der Waals surface area contributed by atoms with E-state index in [1.807, 2.05) is 76.3 Å². The maximum Gasteiger partial charge on any atom is 0.145 e. The van der Waals surface area contributed by atoms with Crippen molar-refractivity contribution in [3.63, 3.8) is 0 Å². The van der Waals surface area contributed by atoms with Gasteiger partial charge in [0.25, 0.3) is 0 Å². The lowest BCUT2D eigenvalue weighted by Crippen LogP contribution is -2.27. The summed E-state index contributed by atoms with van der Waals surface area (Å²) in [5, 5.41) is 0. The predicted molar refractivity (Wildman–Crippen MR) is 127 cm³/mol. The van der Waals surface area contributed by atoms with E-state index in [0.717, 1.165) is 33.8 Å². The van der Waals surface area contributed by atoms with Gasteiger partial charge in [0.2, 0.25) is 0 Å². The first-order chi connectivity index (χ1) is 15.2. The third-order valence-electron chi connectivity index (χ3n) is 5.23. The zero-order chi connectivity index (χ0) is 22.9. The van der Waals surface area contributed by atoms with Gasteiger partial charge in [0.15, 0.2) is 0 Å². The summed E-state index contributed by atoms with van der Waals surface area (Å²) in [4.78, 5) is 0. The van der Waals surface area contributed by atoms with Crippen molar-refractivity contribution >= 4 is 12.2 Å². The second kappa shape index (κ2) is 8.06. The molecule has 2 heterocycles. The summed E-state index contributed by atoms with van der Waals surface area (Å²) >= 11 is 0. The highest BCUT2D eigenvalue weighted by atomic mass is 16.5. The molecule has 4 heteroatoms. The average molecular weight is 427 g/mol. The Kier molecular flexibility index (Phi) is 5.41. The Labute approximate surface area is 189 Å². The zero-order valence-corrected chi connectivity index (χ0v) is 19.3. The smallest absolute Gasteiger partial charge is 0.145 e. The molecule has 0 bridgehead atoms. The monoisotopic (exact) mass is 426 g/mol. The molecule has 0 spiro atoms. The van der Waals surface area contributed by atoms with Crippen LogP contribution in [-0.2, 0) is 0 Å². The van der Waals surface area contributed by atoms with Crippen molar-refractivity contribution in [3.05, 3.63) is 58.7 Å². The third-order valence-corrected chi connectivity index (χ3v) is 5.23. The topological polar surface area (TPSA) is 36.9 Å². The van der Waals surface area contributed by atoms with Gasteiger partial charge in [-0.2, -0.15) is 0 Å². The summed E-state index contributed by atoms with van der Waals surface area (Å²) in [6, 6.07) is 7.62. The largest absolute Gasteiger partial charge is 0.495 e. The van der Waals surface area contributed by atoms with Crippen LogP contribution in [0.4, 0.5) is 0 Å². The first kappa shape index (κ1) is 21.5. The molecule has 32 heavy (non-hydrogen) atoms. The van der Waals surface area contributed by atoms with Crippen molar-refractivity contribution in [1.82, 2.24) is 0 Å². The van der Waals surface area contributed by atoms with Gasteiger partial charge in [0.05, 0.1) is 36.5 Å². The predicted octanol–water partition coefficient (Wildman–Crippen LogP) is 5.48. The average Bonchev–Trinajstić information content (AvgIpc) is 2.74. The molecule has 4 rings (SSSR count). The molecule has 0 amide bonds. The van der Waals surface area contributed by atoms with Crippen molar-refractivity contribution in [2.45, 2.75) is 38.9 Å². The molecule has 2 aliphatic rings. The van der Waals surface area contributed by atoms with Gasteiger partial charge in [-0.15, -0.1) is 0 Å². The first-order valence-electron chi connectivity index (χ1n) is 10.4. The van der Waals surface area contributed by atoms with E-state index in [1.165, 1.54) is 0 Å². The Morgan fingerprint density at radius 2 is 1.06 bits per heavy atom. The van der Waals surface area contributed by atoms with E-state index in [1.54, 1.807) is 14.2 Å². The molecule has 0 atom stereocenters. The molecule has 162 valence electrons. The standard InChI is InChI=1S/C28H26O4/c1-27(2)17-15-21-23(31-27)13-11-19(25(21)29-5)9-7-8-10-20-12-14-24-22(26(20)30-6)16-18-28(3,4)32-24/h11-18H,1-6H3. The zero-order valence-electron chi connectivity index (χ0n) is 19.3. The van der Waals surface area contributed by atoms with Crippen LogP contribution in [0.25, 0.3) is 12.2 Å². The van der Waals surface area contributed by atoms with E-state index in [9.17, 15) is 0 Å². The second-order valence-corrected chi connectivity index (χ2v) is 8.69. The Morgan fingerprint density at radius 1 is 0.656 bits per heavy atom. The van der Waals surface area contributed by atoms with Crippen LogP contribution < -0.4 is 18.9 Å². The Balaban J connectivity index is 1.64. The lowest BCUT2D eigenvalue weighted by atomic mass is 9.99. The highest BCUT2D eigenvalue weighted by molar-refractivity contribution is 5.73. The summed E-state index contributed by atoms with van der Waals surface area (Å²) in [7, 11) is 3.27. The van der Waals surface area contributed by atoms with Crippen LogP contribution in [0.3, 0.4) is 0 Å². The summed E-state index contributed by atoms with van der Waals surface area (Å²) < 4.78 is 23.3. The Hall–Kier alpha value is -3.76. The quantitative estimate of drug-likeness (QED) is 0.597. The van der Waals surface area contributed by atoms with Crippen LogP contribution >= 0.6 is 0 Å². The van der Waals surface area contributed by atoms with Crippen molar-refractivity contribution in [2.75, 3.05) is 14.2 Å². The molecule has 2 aromatic carbocycles. The Bertz CT molecular complexity index is 1150. The van der Waals surface area contributed by atoms with E-state index < -0.39 is 0 Å². The highest BCUT2D eigenvalue weighted by Crippen LogP contribution is 2.39. The van der Waals surface area contributed by atoms with E-state index in [4.69, 9.17) is 18.9 Å². The highest BCUT2D eigenvalue weighted by Gasteiger charge is 2.25. The van der Waals surface area contributed by atoms with E-state index in [-0.39, 0.29) is 11.2 Å². The number of methoxy groups -OCH3 is 2. The molecule has 0 fully saturated rings. The van der Waals surface area contributed by atoms with Gasteiger partial charge in [0.1, 0.15) is 34.2 Å². The number of ether oxygens (including phenoxy) is 4. The molecular weight excluding hydrogens is 400 g/mol. The van der Waals surface area contributed by atoms with Gasteiger partial charge in [0, 0.05) is 0 Å². The van der Waals surface area contributed by atoms with Crippen molar-refractivity contribution in [2.24, 2.45) is 0 Å². The number of fused-ring (bicyclic) bond motifs is 2. The number of hydrogen-bond acceptors (Lipinski definition) is 4. The van der Waals surface area contributed by atoms with Gasteiger partial charge < -0.3 is 18.9 Å². The number of rotatable bonds is 2. The van der Waals surface area contributed by atoms with Crippen LogP contribution in [0.2, 0.25) is 0 Å². The van der Waals surface area contributed by atoms with E-state index in [0.29, 0.717) is 11.5 Å². The lowest BCUT2D eigenvalue weighted by molar-refractivity contribution is 0.158. The molecule has 4 nitrogen and oxygen atoms in total. The van der Waals surface area contributed by atoms with Gasteiger partial charge in [-0.05, 0) is 99.9 Å². The van der Waals surface area contributed by atoms with Crippen molar-refractivity contribution < 1.29 is 18.9 Å². The second-order valence-electron chi connectivity index (χ2n) is 8.69. The number of hydrogen-bond donors (Lipinski definition) is 0. The molecule has 0 radical (unpaired) electrons. The molecule has 2 aromatic rings. The van der Waals surface area contributed by atoms with Crippen LogP contribution in [0, 0.1) is 23.7 Å². The molecular formula is C28H26O4. The van der Waals surface area contributed by atoms with Gasteiger partial charge >= 0.3 is 0 Å². The summed E-state index contributed by atoms with van der Waals surface area (Å²) in [6.45, 7) is 8.06. The number of benzene rings is 2. The minimum absolute atomic E-state index is 0.347. The van der Waals surface area contributed by atoms with Crippen molar-refractivity contribution in [1.29, 1.82) is 0 Å². The fourth-order valence-electron chi connectivity index (χ4n) is 3.69. The van der Waals surface area contributed by atoms with Crippen molar-refractivity contribution in [3.8, 4) is 46.7 Å². The lowest BCUT2D eigenvalue weighted by Gasteiger charge is -2.28. The maximum absolute atomic E-state index is 6.01. The fraction of sp³-hybridized carbons (Fsp3) is 0.286. The third kappa shape index (κ3) is 4.18. The summed E-state index contributed by atoms with van der Waals surface area (Å²) in [6.07, 6.45) is 8.06. The minimum Gasteiger partial charge on any atom is -0.495 e. The SMILES string of the molecule is COc1c(C#CC#Cc2ccc3c(c2OC)C=CC(C)(C)O3)ccc2c1C=CC(C)(C)O2. The van der Waals surface area contributed by atoms with Crippen LogP contribution in [0.15, 0.2) is 36.4 Å². The molecule has 0 aromatic heterocycles. The summed E-state index contributed by atoms with van der Waals surface area (Å²) in [5.74, 6) is 15.0. The Morgan fingerprint density at radius 3 is 1.44 bits per heavy atom. The van der Waals surface area contributed by atoms with E-state index in [2.05, 4.69) is 23.7 Å². The van der Waals surface area contributed by atoms with Crippen LogP contribution in [0.5, 0.6) is 23.0 Å². The molecule has 2 aliphatic heterocycles. The molecule has 0 aliphatic carbocycles. The van der Waals surface area contributed by atoms with Crippen LogP contribution in [-0.4, -0.2) is 25.4 Å². The van der Waals surface area contributed by atoms with Crippen LogP contribution in [0.1, 0.15) is 49.9 Å². The molecule has 0 unspecified atom stereocenters. The first-order valence-corrected chi connectivity index (χ1v) is 10.4. The van der Waals surface area contributed by atoms with Gasteiger partial charge in [-0.3, -0.25) is 0 Å². The maximum atomic E-state index is 6.01. The van der Waals surface area contributed by atoms with Gasteiger partial charge in [-0.25, -0.2) is 0 Å². The minimum atomic E-state index is -0.347. The normalized spacial score (nSPS) is 16.1. The molecule has 0 saturated heterocycles.